The molecule has 0 spiro atoms. The molecule has 0 bridgehead atoms. The molecule has 3 atom stereocenters. The number of hydrogen-bond acceptors (Lipinski definition) is 8. The third kappa shape index (κ3) is 4.95. The van der Waals surface area contributed by atoms with Crippen molar-refractivity contribution in [2.24, 2.45) is 15.9 Å². The van der Waals surface area contributed by atoms with Crippen LogP contribution < -0.4 is 10.1 Å². The highest BCUT2D eigenvalue weighted by Crippen LogP contribution is 2.36. The van der Waals surface area contributed by atoms with Crippen molar-refractivity contribution in [3.63, 3.8) is 0 Å². The number of benzene rings is 1. The molecule has 202 valence electrons. The van der Waals surface area contributed by atoms with Crippen molar-refractivity contribution in [2.75, 3.05) is 32.5 Å². The Morgan fingerprint density at radius 1 is 1.26 bits per heavy atom. The summed E-state index contributed by atoms with van der Waals surface area (Å²) in [6.45, 7) is 15.8. The first-order valence-electron chi connectivity index (χ1n) is 12.9. The molecular weight excluding hydrogens is 492 g/mol. The highest BCUT2D eigenvalue weighted by molar-refractivity contribution is 6.13. The summed E-state index contributed by atoms with van der Waals surface area (Å²) in [6, 6.07) is 9.29. The lowest BCUT2D eigenvalue weighted by Gasteiger charge is -2.40. The van der Waals surface area contributed by atoms with Crippen molar-refractivity contribution in [1.29, 1.82) is 0 Å². The molecule has 2 aliphatic rings. The van der Waals surface area contributed by atoms with Gasteiger partial charge in [-0.05, 0) is 64.7 Å². The number of carbonyl (C=O) groups is 1. The van der Waals surface area contributed by atoms with E-state index < -0.39 is 5.54 Å². The molecule has 5 rings (SSSR count). The minimum atomic E-state index is -0.745. The van der Waals surface area contributed by atoms with Crippen LogP contribution in [0.2, 0.25) is 0 Å². The number of rotatable bonds is 7. The van der Waals surface area contributed by atoms with E-state index in [2.05, 4.69) is 38.4 Å². The first-order chi connectivity index (χ1) is 18.6. The van der Waals surface area contributed by atoms with Crippen LogP contribution >= 0.6 is 0 Å². The number of fused-ring (bicyclic) bond motifs is 1. The van der Waals surface area contributed by atoms with Crippen molar-refractivity contribution < 1.29 is 9.53 Å². The molecule has 2 aromatic heterocycles. The van der Waals surface area contributed by atoms with Crippen LogP contribution in [0.4, 0.5) is 5.69 Å². The number of amidine groups is 1. The molecule has 4 heterocycles. The van der Waals surface area contributed by atoms with E-state index in [1.807, 2.05) is 76.3 Å². The quantitative estimate of drug-likeness (QED) is 0.468. The standard InChI is InChI=1S/C29H34N8O2/c1-18-12-23(8-9-25(18)39-24-10-11-37-26(13-24)30-17-33-37)34-27-20(3)29(5,32-16-31-27)21(4)36-15-22(14-35(6)7)19(2)28(36)38/h8-13,16-17,21-22H,2-3,14-15H2,1,4-7H3,(H,31,32,34)/t21-,22?,29?/m0/s1. The number of aromatic nitrogens is 3. The summed E-state index contributed by atoms with van der Waals surface area (Å²) in [7, 11) is 4.01. The van der Waals surface area contributed by atoms with Gasteiger partial charge in [0.25, 0.3) is 0 Å². The number of amides is 1. The predicted octanol–water partition coefficient (Wildman–Crippen LogP) is 3.96. The van der Waals surface area contributed by atoms with Crippen LogP contribution in [0.3, 0.4) is 0 Å². The number of pyridine rings is 1. The van der Waals surface area contributed by atoms with Gasteiger partial charge in [0.05, 0.1) is 6.04 Å². The van der Waals surface area contributed by atoms with Gasteiger partial charge in [0, 0.05) is 48.1 Å². The Labute approximate surface area is 228 Å². The summed E-state index contributed by atoms with van der Waals surface area (Å²) >= 11 is 0. The van der Waals surface area contributed by atoms with Crippen molar-refractivity contribution in [2.45, 2.75) is 32.4 Å². The van der Waals surface area contributed by atoms with Crippen LogP contribution in [0.15, 0.2) is 77.1 Å². The SMILES string of the molecule is C=C1C(=O)N([C@@H](C)C2(C)N=CN=C(Nc3ccc(Oc4ccn5ncnc5c4)c(C)c3)C2=C)CC1CN(C)C. The fourth-order valence-corrected chi connectivity index (χ4v) is 5.07. The summed E-state index contributed by atoms with van der Waals surface area (Å²) in [5.74, 6) is 2.09. The monoisotopic (exact) mass is 526 g/mol. The van der Waals surface area contributed by atoms with Crippen LogP contribution in [0, 0.1) is 12.8 Å². The topological polar surface area (TPSA) is 99.7 Å². The van der Waals surface area contributed by atoms with Gasteiger partial charge in [-0.1, -0.05) is 13.2 Å². The van der Waals surface area contributed by atoms with E-state index in [1.165, 1.54) is 6.33 Å². The Morgan fingerprint density at radius 3 is 2.79 bits per heavy atom. The zero-order chi connectivity index (χ0) is 27.9. The second-order valence-electron chi connectivity index (χ2n) is 10.6. The number of anilines is 1. The zero-order valence-corrected chi connectivity index (χ0v) is 23.0. The third-order valence-electron chi connectivity index (χ3n) is 7.64. The first-order valence-corrected chi connectivity index (χ1v) is 12.9. The van der Waals surface area contributed by atoms with Gasteiger partial charge < -0.3 is 19.9 Å². The number of aryl methyl sites for hydroxylation is 1. The molecule has 10 nitrogen and oxygen atoms in total. The van der Waals surface area contributed by atoms with Crippen LogP contribution in [0.5, 0.6) is 11.5 Å². The highest BCUT2D eigenvalue weighted by atomic mass is 16.5. The lowest BCUT2D eigenvalue weighted by molar-refractivity contribution is -0.127. The van der Waals surface area contributed by atoms with Crippen LogP contribution in [-0.2, 0) is 4.79 Å². The van der Waals surface area contributed by atoms with E-state index in [9.17, 15) is 4.79 Å². The Bertz CT molecular complexity index is 1520. The molecule has 0 aliphatic carbocycles. The Morgan fingerprint density at radius 2 is 2.05 bits per heavy atom. The molecule has 1 amide bonds. The summed E-state index contributed by atoms with van der Waals surface area (Å²) in [5, 5.41) is 7.50. The lowest BCUT2D eigenvalue weighted by Crippen LogP contribution is -2.52. The van der Waals surface area contributed by atoms with E-state index in [4.69, 9.17) is 9.73 Å². The zero-order valence-electron chi connectivity index (χ0n) is 23.0. The van der Waals surface area contributed by atoms with Gasteiger partial charge in [-0.25, -0.2) is 14.5 Å². The van der Waals surface area contributed by atoms with Gasteiger partial charge in [0.1, 0.15) is 35.5 Å². The minimum Gasteiger partial charge on any atom is -0.457 e. The van der Waals surface area contributed by atoms with Gasteiger partial charge in [0.2, 0.25) is 5.91 Å². The molecule has 0 saturated carbocycles. The molecular formula is C29H34N8O2. The second kappa shape index (κ2) is 10.1. The summed E-state index contributed by atoms with van der Waals surface area (Å²) in [4.78, 5) is 30.5. The fraction of sp³-hybridized carbons (Fsp3) is 0.345. The number of nitrogens with zero attached hydrogens (tertiary/aromatic N) is 7. The van der Waals surface area contributed by atoms with Gasteiger partial charge in [-0.3, -0.25) is 9.79 Å². The van der Waals surface area contributed by atoms with E-state index >= 15 is 0 Å². The molecule has 0 radical (unpaired) electrons. The molecule has 3 aromatic rings. The fourth-order valence-electron chi connectivity index (χ4n) is 5.07. The van der Waals surface area contributed by atoms with Gasteiger partial charge in [-0.2, -0.15) is 5.10 Å². The average Bonchev–Trinajstić information content (AvgIpc) is 3.47. The molecule has 2 unspecified atom stereocenters. The van der Waals surface area contributed by atoms with E-state index in [1.54, 1.807) is 10.9 Å². The maximum atomic E-state index is 13.1. The Balaban J connectivity index is 1.29. The summed E-state index contributed by atoms with van der Waals surface area (Å²) in [5.41, 5.74) is 3.12. The van der Waals surface area contributed by atoms with Crippen molar-refractivity contribution in [3.05, 3.63) is 72.7 Å². The first kappa shape index (κ1) is 26.3. The van der Waals surface area contributed by atoms with Gasteiger partial charge in [-0.15, -0.1) is 0 Å². The van der Waals surface area contributed by atoms with Crippen molar-refractivity contribution >= 4 is 29.4 Å². The number of ether oxygens (including phenoxy) is 1. The third-order valence-corrected chi connectivity index (χ3v) is 7.64. The number of hydrogen-bond donors (Lipinski definition) is 1. The maximum absolute atomic E-state index is 13.1. The molecule has 1 N–H and O–H groups in total. The Kier molecular flexibility index (Phi) is 6.82. The summed E-state index contributed by atoms with van der Waals surface area (Å²) in [6.07, 6.45) is 4.86. The Hall–Kier alpha value is -4.31. The number of likely N-dealkylation sites (tertiary alicyclic amines) is 1. The normalized spacial score (nSPS) is 22.1. The number of carbonyl (C=O) groups excluding carboxylic acids is 1. The maximum Gasteiger partial charge on any atom is 0.249 e. The van der Waals surface area contributed by atoms with Gasteiger partial charge >= 0.3 is 0 Å². The van der Waals surface area contributed by atoms with Gasteiger partial charge in [0.15, 0.2) is 5.65 Å². The molecule has 1 fully saturated rings. The highest BCUT2D eigenvalue weighted by Gasteiger charge is 2.46. The molecule has 1 saturated heterocycles. The predicted molar refractivity (Wildman–Crippen MR) is 154 cm³/mol. The van der Waals surface area contributed by atoms with Crippen molar-refractivity contribution in [3.8, 4) is 11.5 Å². The van der Waals surface area contributed by atoms with Crippen molar-refractivity contribution in [1.82, 2.24) is 24.4 Å². The minimum absolute atomic E-state index is 0.0232. The number of aliphatic imine (C=N–C) groups is 2. The van der Waals surface area contributed by atoms with Crippen LogP contribution in [-0.4, -0.2) is 81.2 Å². The van der Waals surface area contributed by atoms with E-state index in [-0.39, 0.29) is 17.9 Å². The average molecular weight is 527 g/mol. The smallest absolute Gasteiger partial charge is 0.249 e. The van der Waals surface area contributed by atoms with Crippen LogP contribution in [0.25, 0.3) is 5.65 Å². The summed E-state index contributed by atoms with van der Waals surface area (Å²) < 4.78 is 7.78. The molecule has 10 heteroatoms. The van der Waals surface area contributed by atoms with Crippen LogP contribution in [0.1, 0.15) is 19.4 Å². The largest absolute Gasteiger partial charge is 0.457 e. The second-order valence-corrected chi connectivity index (χ2v) is 10.6. The number of nitrogens with one attached hydrogen (secondary N) is 1. The molecule has 39 heavy (non-hydrogen) atoms. The molecule has 2 aliphatic heterocycles. The van der Waals surface area contributed by atoms with E-state index in [0.29, 0.717) is 34.9 Å². The molecule has 1 aromatic carbocycles. The lowest BCUT2D eigenvalue weighted by atomic mass is 9.84. The van der Waals surface area contributed by atoms with E-state index in [0.717, 1.165) is 23.5 Å².